The van der Waals surface area contributed by atoms with Crippen LogP contribution < -0.4 is 0 Å². The topological polar surface area (TPSA) is 65.0 Å². The molecule has 234 valence electrons. The smallest absolute Gasteiger partial charge is 0.164 e. The summed E-state index contributed by atoms with van der Waals surface area (Å²) in [6, 6.07) is 55.9. The van der Waals surface area contributed by atoms with E-state index >= 15 is 0 Å². The summed E-state index contributed by atoms with van der Waals surface area (Å²) in [4.78, 5) is 14.7. The van der Waals surface area contributed by atoms with Gasteiger partial charge in [-0.15, -0.1) is 0 Å². The molecule has 0 aliphatic heterocycles. The maximum atomic E-state index is 6.56. The molecule has 0 fully saturated rings. The predicted molar refractivity (Wildman–Crippen MR) is 202 cm³/mol. The Bertz CT molecular complexity index is 2810. The summed E-state index contributed by atoms with van der Waals surface area (Å²) in [6.07, 6.45) is 0. The zero-order chi connectivity index (χ0) is 33.0. The van der Waals surface area contributed by atoms with E-state index in [0.717, 1.165) is 82.8 Å². The van der Waals surface area contributed by atoms with E-state index in [1.807, 2.05) is 78.9 Å². The molecule has 0 atom stereocenters. The van der Waals surface area contributed by atoms with Crippen molar-refractivity contribution in [2.24, 2.45) is 0 Å². The fraction of sp³-hybridized carbons (Fsp3) is 0. The fourth-order valence-electron chi connectivity index (χ4n) is 6.90. The molecule has 10 aromatic rings. The standard InChI is InChI=1S/C45H27N3O2/c1-3-11-28(12-4-1)43-46-44(29-13-5-2-6-14-29)48-45(47-43)32-20-23-37-36-22-19-31(26-41(36)50-42(37)27-32)34-16-8-7-15-33(34)30-21-24-40-38(25-30)35-17-9-10-18-39(35)49-40/h1-27H. The molecule has 0 amide bonds. The van der Waals surface area contributed by atoms with E-state index in [4.69, 9.17) is 23.8 Å². The first-order valence-electron chi connectivity index (χ1n) is 16.6. The molecule has 7 aromatic carbocycles. The molecule has 0 N–H and O–H groups in total. The molecule has 0 spiro atoms. The second kappa shape index (κ2) is 11.4. The lowest BCUT2D eigenvalue weighted by atomic mass is 9.93. The average molecular weight is 642 g/mol. The Morgan fingerprint density at radius 3 is 1.38 bits per heavy atom. The van der Waals surface area contributed by atoms with Gasteiger partial charge in [0.2, 0.25) is 0 Å². The van der Waals surface area contributed by atoms with E-state index in [0.29, 0.717) is 17.5 Å². The van der Waals surface area contributed by atoms with Gasteiger partial charge in [-0.3, -0.25) is 0 Å². The van der Waals surface area contributed by atoms with Gasteiger partial charge >= 0.3 is 0 Å². The molecule has 0 unspecified atom stereocenters. The summed E-state index contributed by atoms with van der Waals surface area (Å²) in [6.45, 7) is 0. The predicted octanol–water partition coefficient (Wildman–Crippen LogP) is 12.0. The largest absolute Gasteiger partial charge is 0.456 e. The summed E-state index contributed by atoms with van der Waals surface area (Å²) in [5.74, 6) is 1.85. The minimum Gasteiger partial charge on any atom is -0.456 e. The van der Waals surface area contributed by atoms with E-state index in [2.05, 4.69) is 84.9 Å². The molecule has 0 aliphatic carbocycles. The number of rotatable bonds is 5. The number of fused-ring (bicyclic) bond motifs is 6. The number of nitrogens with zero attached hydrogens (tertiary/aromatic N) is 3. The van der Waals surface area contributed by atoms with E-state index in [9.17, 15) is 0 Å². The summed E-state index contributed by atoms with van der Waals surface area (Å²) < 4.78 is 12.7. The minimum atomic E-state index is 0.594. The lowest BCUT2D eigenvalue weighted by molar-refractivity contribution is 0.668. The molecule has 0 aliphatic rings. The highest BCUT2D eigenvalue weighted by Crippen LogP contribution is 2.39. The van der Waals surface area contributed by atoms with Gasteiger partial charge in [0.15, 0.2) is 17.5 Å². The van der Waals surface area contributed by atoms with Crippen molar-refractivity contribution in [3.05, 3.63) is 164 Å². The Hall–Kier alpha value is -6.85. The average Bonchev–Trinajstić information content (AvgIpc) is 3.75. The van der Waals surface area contributed by atoms with Gasteiger partial charge in [0.05, 0.1) is 0 Å². The molecule has 0 saturated heterocycles. The summed E-state index contributed by atoms with van der Waals surface area (Å²) >= 11 is 0. The number of benzene rings is 7. The summed E-state index contributed by atoms with van der Waals surface area (Å²) in [5.41, 5.74) is 10.6. The molecular weight excluding hydrogens is 615 g/mol. The lowest BCUT2D eigenvalue weighted by Crippen LogP contribution is -2.00. The molecule has 10 rings (SSSR count). The quantitative estimate of drug-likeness (QED) is 0.187. The minimum absolute atomic E-state index is 0.594. The normalized spacial score (nSPS) is 11.6. The van der Waals surface area contributed by atoms with Crippen LogP contribution in [0.3, 0.4) is 0 Å². The van der Waals surface area contributed by atoms with Gasteiger partial charge in [-0.25, -0.2) is 15.0 Å². The molecular formula is C45H27N3O2. The van der Waals surface area contributed by atoms with Crippen molar-refractivity contribution >= 4 is 43.9 Å². The maximum Gasteiger partial charge on any atom is 0.164 e. The van der Waals surface area contributed by atoms with E-state index in [1.165, 1.54) is 0 Å². The third kappa shape index (κ3) is 4.75. The van der Waals surface area contributed by atoms with Crippen molar-refractivity contribution in [1.29, 1.82) is 0 Å². The fourth-order valence-corrected chi connectivity index (χ4v) is 6.90. The third-order valence-corrected chi connectivity index (χ3v) is 9.36. The zero-order valence-corrected chi connectivity index (χ0v) is 26.7. The second-order valence-electron chi connectivity index (χ2n) is 12.4. The molecule has 5 heteroatoms. The van der Waals surface area contributed by atoms with Crippen molar-refractivity contribution in [2.45, 2.75) is 0 Å². The summed E-state index contributed by atoms with van der Waals surface area (Å²) in [5, 5.41) is 4.34. The molecule has 50 heavy (non-hydrogen) atoms. The molecule has 0 bridgehead atoms. The maximum absolute atomic E-state index is 6.56. The number of hydrogen-bond acceptors (Lipinski definition) is 5. The van der Waals surface area contributed by atoms with Gasteiger partial charge in [-0.2, -0.15) is 0 Å². The zero-order valence-electron chi connectivity index (χ0n) is 26.7. The number of para-hydroxylation sites is 1. The Balaban J connectivity index is 1.07. The van der Waals surface area contributed by atoms with Crippen LogP contribution in [0.2, 0.25) is 0 Å². The van der Waals surface area contributed by atoms with Crippen LogP contribution in [0.25, 0.3) is 100 Å². The highest BCUT2D eigenvalue weighted by atomic mass is 16.3. The van der Waals surface area contributed by atoms with Gasteiger partial charge in [0.25, 0.3) is 0 Å². The number of hydrogen-bond donors (Lipinski definition) is 0. The third-order valence-electron chi connectivity index (χ3n) is 9.36. The molecule has 0 saturated carbocycles. The Labute approximate surface area is 287 Å². The first-order chi connectivity index (χ1) is 24.7. The van der Waals surface area contributed by atoms with Crippen LogP contribution in [0.4, 0.5) is 0 Å². The van der Waals surface area contributed by atoms with Crippen molar-refractivity contribution in [3.63, 3.8) is 0 Å². The highest BCUT2D eigenvalue weighted by Gasteiger charge is 2.16. The molecule has 0 radical (unpaired) electrons. The highest BCUT2D eigenvalue weighted by molar-refractivity contribution is 6.08. The Morgan fingerprint density at radius 1 is 0.280 bits per heavy atom. The van der Waals surface area contributed by atoms with Crippen molar-refractivity contribution in [3.8, 4) is 56.4 Å². The van der Waals surface area contributed by atoms with Crippen molar-refractivity contribution in [1.82, 2.24) is 15.0 Å². The molecule has 5 nitrogen and oxygen atoms in total. The lowest BCUT2D eigenvalue weighted by Gasteiger charge is -2.10. The number of aromatic nitrogens is 3. The van der Waals surface area contributed by atoms with Crippen LogP contribution in [0, 0.1) is 0 Å². The van der Waals surface area contributed by atoms with Crippen LogP contribution >= 0.6 is 0 Å². The molecule has 3 heterocycles. The second-order valence-corrected chi connectivity index (χ2v) is 12.4. The van der Waals surface area contributed by atoms with Gasteiger partial charge in [-0.1, -0.05) is 121 Å². The van der Waals surface area contributed by atoms with E-state index < -0.39 is 0 Å². The first kappa shape index (κ1) is 28.2. The van der Waals surface area contributed by atoms with Gasteiger partial charge < -0.3 is 8.83 Å². The van der Waals surface area contributed by atoms with Crippen LogP contribution in [0.15, 0.2) is 173 Å². The van der Waals surface area contributed by atoms with E-state index in [1.54, 1.807) is 0 Å². The van der Waals surface area contributed by atoms with Gasteiger partial charge in [-0.05, 0) is 64.7 Å². The molecule has 3 aromatic heterocycles. The monoisotopic (exact) mass is 641 g/mol. The number of furan rings is 2. The van der Waals surface area contributed by atoms with Crippen LogP contribution in [0.5, 0.6) is 0 Å². The first-order valence-corrected chi connectivity index (χ1v) is 16.6. The van der Waals surface area contributed by atoms with Crippen molar-refractivity contribution < 1.29 is 8.83 Å². The van der Waals surface area contributed by atoms with Crippen LogP contribution in [-0.2, 0) is 0 Å². The van der Waals surface area contributed by atoms with Crippen LogP contribution in [0.1, 0.15) is 0 Å². The summed E-state index contributed by atoms with van der Waals surface area (Å²) in [7, 11) is 0. The van der Waals surface area contributed by atoms with Crippen LogP contribution in [-0.4, -0.2) is 15.0 Å². The van der Waals surface area contributed by atoms with E-state index in [-0.39, 0.29) is 0 Å². The van der Waals surface area contributed by atoms with Crippen molar-refractivity contribution in [2.75, 3.05) is 0 Å². The van der Waals surface area contributed by atoms with Gasteiger partial charge in [0.1, 0.15) is 22.3 Å². The SMILES string of the molecule is c1ccc(-c2nc(-c3ccccc3)nc(-c3ccc4c(c3)oc3cc(-c5ccccc5-c5ccc6oc7ccccc7c6c5)ccc34)n2)cc1. The Kier molecular flexibility index (Phi) is 6.42. The van der Waals surface area contributed by atoms with Gasteiger partial charge in [0, 0.05) is 38.2 Å². The Morgan fingerprint density at radius 2 is 0.720 bits per heavy atom.